The predicted octanol–water partition coefficient (Wildman–Crippen LogP) is 1.46. The Morgan fingerprint density at radius 2 is 1.89 bits per heavy atom. The number of sulfonamides is 1. The summed E-state index contributed by atoms with van der Waals surface area (Å²) in [5, 5.41) is 2.77. The first-order valence-electron chi connectivity index (χ1n) is 5.21. The largest absolute Gasteiger partial charge is 0.316 e. The third kappa shape index (κ3) is 4.19. The lowest BCUT2D eigenvalue weighted by Gasteiger charge is -2.09. The van der Waals surface area contributed by atoms with Crippen molar-refractivity contribution in [2.24, 2.45) is 0 Å². The zero-order valence-corrected chi connectivity index (χ0v) is 10.5. The number of benzene rings is 1. The van der Waals surface area contributed by atoms with E-state index >= 15 is 0 Å². The third-order valence-electron chi connectivity index (χ3n) is 2.06. The molecule has 0 radical (unpaired) electrons. The van der Waals surface area contributed by atoms with Crippen LogP contribution < -0.4 is 10.0 Å². The standard InChI is InChI=1S/C10H13F3N2O2S/c1-2-14-3-4-18(16,17)15-9-6-7(11)5-8(12)10(9)13/h5-6,14-15H,2-4H2,1H3. The van der Waals surface area contributed by atoms with Crippen LogP contribution in [0.1, 0.15) is 6.92 Å². The molecule has 0 heterocycles. The van der Waals surface area contributed by atoms with Gasteiger partial charge < -0.3 is 5.32 Å². The summed E-state index contributed by atoms with van der Waals surface area (Å²) in [5.74, 6) is -4.25. The van der Waals surface area contributed by atoms with E-state index in [2.05, 4.69) is 5.32 Å². The lowest BCUT2D eigenvalue weighted by molar-refractivity contribution is 0.498. The first kappa shape index (κ1) is 14.8. The summed E-state index contributed by atoms with van der Waals surface area (Å²) in [6.45, 7) is 2.53. The summed E-state index contributed by atoms with van der Waals surface area (Å²) in [6, 6.07) is 0.926. The van der Waals surface area contributed by atoms with Crippen LogP contribution in [-0.4, -0.2) is 27.3 Å². The quantitative estimate of drug-likeness (QED) is 0.613. The Hall–Kier alpha value is -1.28. The summed E-state index contributed by atoms with van der Waals surface area (Å²) < 4.78 is 63.7. The highest BCUT2D eigenvalue weighted by Crippen LogP contribution is 2.20. The van der Waals surface area contributed by atoms with E-state index in [1.165, 1.54) is 0 Å². The van der Waals surface area contributed by atoms with E-state index in [4.69, 9.17) is 0 Å². The van der Waals surface area contributed by atoms with Crippen LogP contribution in [0.4, 0.5) is 18.9 Å². The molecule has 1 aromatic carbocycles. The fraction of sp³-hybridized carbons (Fsp3) is 0.400. The average Bonchev–Trinajstić information content (AvgIpc) is 2.25. The maximum Gasteiger partial charge on any atom is 0.234 e. The molecule has 0 spiro atoms. The molecule has 2 N–H and O–H groups in total. The summed E-state index contributed by atoms with van der Waals surface area (Å²) >= 11 is 0. The minimum atomic E-state index is -3.85. The van der Waals surface area contributed by atoms with Gasteiger partial charge in [-0.3, -0.25) is 4.72 Å². The van der Waals surface area contributed by atoms with Crippen LogP contribution in [0.5, 0.6) is 0 Å². The molecule has 0 atom stereocenters. The molecule has 0 aliphatic carbocycles. The summed E-state index contributed by atoms with van der Waals surface area (Å²) in [7, 11) is -3.85. The second kappa shape index (κ2) is 6.05. The van der Waals surface area contributed by atoms with Crippen LogP contribution in [0, 0.1) is 17.5 Å². The van der Waals surface area contributed by atoms with E-state index in [0.717, 1.165) is 0 Å². The fourth-order valence-corrected chi connectivity index (χ4v) is 2.23. The molecule has 0 amide bonds. The number of nitrogens with one attached hydrogen (secondary N) is 2. The Morgan fingerprint density at radius 3 is 2.50 bits per heavy atom. The minimum Gasteiger partial charge on any atom is -0.316 e. The van der Waals surface area contributed by atoms with Crippen LogP contribution in [0.3, 0.4) is 0 Å². The Labute approximate surface area is 103 Å². The van der Waals surface area contributed by atoms with Gasteiger partial charge in [0.2, 0.25) is 10.0 Å². The highest BCUT2D eigenvalue weighted by Gasteiger charge is 2.16. The van der Waals surface area contributed by atoms with E-state index in [9.17, 15) is 21.6 Å². The van der Waals surface area contributed by atoms with Crippen molar-refractivity contribution in [3.8, 4) is 0 Å². The molecule has 0 aromatic heterocycles. The highest BCUT2D eigenvalue weighted by molar-refractivity contribution is 7.92. The van der Waals surface area contributed by atoms with E-state index in [1.54, 1.807) is 11.6 Å². The van der Waals surface area contributed by atoms with Gasteiger partial charge in [0.15, 0.2) is 11.6 Å². The Kier molecular flexibility index (Phi) is 4.97. The van der Waals surface area contributed by atoms with Crippen molar-refractivity contribution >= 4 is 15.7 Å². The zero-order chi connectivity index (χ0) is 13.8. The first-order chi connectivity index (χ1) is 8.35. The molecule has 0 bridgehead atoms. The molecule has 0 unspecified atom stereocenters. The smallest absolute Gasteiger partial charge is 0.234 e. The van der Waals surface area contributed by atoms with Crippen molar-refractivity contribution in [1.29, 1.82) is 0 Å². The molecule has 1 rings (SSSR count). The molecule has 18 heavy (non-hydrogen) atoms. The van der Waals surface area contributed by atoms with Crippen molar-refractivity contribution in [3.63, 3.8) is 0 Å². The van der Waals surface area contributed by atoms with E-state index in [-0.39, 0.29) is 12.3 Å². The lowest BCUT2D eigenvalue weighted by Crippen LogP contribution is -2.27. The molecule has 0 aliphatic heterocycles. The first-order valence-corrected chi connectivity index (χ1v) is 6.86. The van der Waals surface area contributed by atoms with Crippen LogP contribution in [0.25, 0.3) is 0 Å². The third-order valence-corrected chi connectivity index (χ3v) is 3.33. The zero-order valence-electron chi connectivity index (χ0n) is 9.63. The maximum absolute atomic E-state index is 13.2. The molecule has 1 aromatic rings. The van der Waals surface area contributed by atoms with Gasteiger partial charge in [-0.15, -0.1) is 0 Å². The second-order valence-corrected chi connectivity index (χ2v) is 5.37. The topological polar surface area (TPSA) is 58.2 Å². The number of anilines is 1. The van der Waals surface area contributed by atoms with Crippen LogP contribution >= 0.6 is 0 Å². The molecule has 4 nitrogen and oxygen atoms in total. The monoisotopic (exact) mass is 282 g/mol. The number of hydrogen-bond donors (Lipinski definition) is 2. The highest BCUT2D eigenvalue weighted by atomic mass is 32.2. The normalized spacial score (nSPS) is 11.6. The van der Waals surface area contributed by atoms with E-state index in [1.807, 2.05) is 0 Å². The Bertz CT molecular complexity index is 520. The van der Waals surface area contributed by atoms with E-state index in [0.29, 0.717) is 18.7 Å². The van der Waals surface area contributed by atoms with Gasteiger partial charge in [-0.2, -0.15) is 0 Å². The Balaban J connectivity index is 2.84. The predicted molar refractivity (Wildman–Crippen MR) is 62.3 cm³/mol. The Morgan fingerprint density at radius 1 is 1.22 bits per heavy atom. The molecule has 0 fully saturated rings. The maximum atomic E-state index is 13.2. The van der Waals surface area contributed by atoms with Gasteiger partial charge in [0.25, 0.3) is 0 Å². The summed E-state index contributed by atoms with van der Waals surface area (Å²) in [6.07, 6.45) is 0. The molecule has 102 valence electrons. The number of halogens is 3. The van der Waals surface area contributed by atoms with Gasteiger partial charge in [0.05, 0.1) is 11.4 Å². The average molecular weight is 282 g/mol. The molecule has 0 saturated heterocycles. The van der Waals surface area contributed by atoms with Crippen LogP contribution in [0.2, 0.25) is 0 Å². The van der Waals surface area contributed by atoms with Crippen LogP contribution in [0.15, 0.2) is 12.1 Å². The van der Waals surface area contributed by atoms with Gasteiger partial charge in [-0.05, 0) is 6.54 Å². The lowest BCUT2D eigenvalue weighted by atomic mass is 10.3. The van der Waals surface area contributed by atoms with Gasteiger partial charge in [-0.25, -0.2) is 21.6 Å². The minimum absolute atomic E-state index is 0.158. The molecule has 8 heteroatoms. The summed E-state index contributed by atoms with van der Waals surface area (Å²) in [4.78, 5) is 0. The van der Waals surface area contributed by atoms with Crippen molar-refractivity contribution in [2.75, 3.05) is 23.6 Å². The van der Waals surface area contributed by atoms with Crippen molar-refractivity contribution in [3.05, 3.63) is 29.6 Å². The molecule has 0 saturated carbocycles. The van der Waals surface area contributed by atoms with Gasteiger partial charge in [-0.1, -0.05) is 6.92 Å². The number of hydrogen-bond acceptors (Lipinski definition) is 3. The van der Waals surface area contributed by atoms with Gasteiger partial charge in [0, 0.05) is 18.7 Å². The number of rotatable bonds is 6. The van der Waals surface area contributed by atoms with Gasteiger partial charge in [0.1, 0.15) is 5.82 Å². The second-order valence-electron chi connectivity index (χ2n) is 3.52. The molecule has 0 aliphatic rings. The van der Waals surface area contributed by atoms with E-state index < -0.39 is 33.2 Å². The molecular weight excluding hydrogens is 269 g/mol. The van der Waals surface area contributed by atoms with Gasteiger partial charge >= 0.3 is 0 Å². The summed E-state index contributed by atoms with van der Waals surface area (Å²) in [5.41, 5.74) is -0.732. The molecular formula is C10H13F3N2O2S. The van der Waals surface area contributed by atoms with Crippen molar-refractivity contribution < 1.29 is 21.6 Å². The van der Waals surface area contributed by atoms with Crippen LogP contribution in [-0.2, 0) is 10.0 Å². The van der Waals surface area contributed by atoms with Crippen molar-refractivity contribution in [1.82, 2.24) is 5.32 Å². The SMILES string of the molecule is CCNCCS(=O)(=O)Nc1cc(F)cc(F)c1F. The fourth-order valence-electron chi connectivity index (χ4n) is 1.23. The van der Waals surface area contributed by atoms with Crippen molar-refractivity contribution in [2.45, 2.75) is 6.92 Å².